The summed E-state index contributed by atoms with van der Waals surface area (Å²) in [4.78, 5) is 8.82. The van der Waals surface area contributed by atoms with Crippen molar-refractivity contribution < 1.29 is 5.11 Å². The molecule has 1 saturated heterocycles. The molecule has 5 rings (SSSR count). The quantitative estimate of drug-likeness (QED) is 0.421. The first-order valence-corrected chi connectivity index (χ1v) is 11.2. The Hall–Kier alpha value is -3.84. The van der Waals surface area contributed by atoms with Gasteiger partial charge in [0.1, 0.15) is 11.8 Å². The molecule has 2 aromatic heterocycles. The molecule has 2 aromatic carbocycles. The van der Waals surface area contributed by atoms with E-state index in [1.54, 1.807) is 18.3 Å². The van der Waals surface area contributed by atoms with Gasteiger partial charge in [-0.15, -0.1) is 0 Å². The lowest BCUT2D eigenvalue weighted by atomic mass is 10.0. The van der Waals surface area contributed by atoms with E-state index in [0.29, 0.717) is 5.11 Å². The average Bonchev–Trinajstić information content (AvgIpc) is 3.44. The molecule has 0 unspecified atom stereocenters. The molecule has 0 spiro atoms. The molecule has 6 nitrogen and oxygen atoms in total. The number of anilines is 2. The van der Waals surface area contributed by atoms with E-state index in [1.807, 2.05) is 44.4 Å². The Labute approximate surface area is 198 Å². The SMILES string of the molecule is CN(C)c1ccc(-n2cccc2[C@H]2[C@H](c3ccccn3)NC(=S)N2c2ccc(O)cc2)cc1. The first-order valence-electron chi connectivity index (χ1n) is 10.8. The molecular formula is C26H25N5OS. The lowest BCUT2D eigenvalue weighted by Gasteiger charge is -2.29. The summed E-state index contributed by atoms with van der Waals surface area (Å²) >= 11 is 5.80. The van der Waals surface area contributed by atoms with Gasteiger partial charge in [0.15, 0.2) is 5.11 Å². The zero-order chi connectivity index (χ0) is 22.9. The largest absolute Gasteiger partial charge is 0.508 e. The maximum atomic E-state index is 9.81. The molecule has 7 heteroatoms. The van der Waals surface area contributed by atoms with E-state index in [0.717, 1.165) is 28.5 Å². The summed E-state index contributed by atoms with van der Waals surface area (Å²) < 4.78 is 2.20. The molecule has 0 amide bonds. The van der Waals surface area contributed by atoms with Crippen LogP contribution in [0.5, 0.6) is 5.75 Å². The topological polar surface area (TPSA) is 56.6 Å². The van der Waals surface area contributed by atoms with Crippen molar-refractivity contribution in [3.63, 3.8) is 0 Å². The zero-order valence-corrected chi connectivity index (χ0v) is 19.3. The molecular weight excluding hydrogens is 430 g/mol. The zero-order valence-electron chi connectivity index (χ0n) is 18.5. The van der Waals surface area contributed by atoms with Crippen molar-refractivity contribution in [2.24, 2.45) is 0 Å². The molecule has 1 aliphatic rings. The second kappa shape index (κ2) is 8.60. The molecule has 0 radical (unpaired) electrons. The van der Waals surface area contributed by atoms with Gasteiger partial charge in [-0.05, 0) is 85.0 Å². The highest BCUT2D eigenvalue weighted by Gasteiger charge is 2.42. The molecule has 4 aromatic rings. The van der Waals surface area contributed by atoms with Crippen LogP contribution in [0.15, 0.2) is 91.3 Å². The Morgan fingerprint density at radius 1 is 0.909 bits per heavy atom. The number of pyridine rings is 1. The van der Waals surface area contributed by atoms with E-state index in [1.165, 1.54) is 0 Å². The summed E-state index contributed by atoms with van der Waals surface area (Å²) in [5, 5.41) is 13.9. The van der Waals surface area contributed by atoms with Crippen LogP contribution >= 0.6 is 12.2 Å². The molecule has 33 heavy (non-hydrogen) atoms. The number of hydrogen-bond acceptors (Lipinski definition) is 4. The summed E-state index contributed by atoms with van der Waals surface area (Å²) in [5.74, 6) is 0.221. The predicted molar refractivity (Wildman–Crippen MR) is 136 cm³/mol. The van der Waals surface area contributed by atoms with Crippen LogP contribution < -0.4 is 15.1 Å². The Kier molecular flexibility index (Phi) is 5.48. The smallest absolute Gasteiger partial charge is 0.174 e. The maximum Gasteiger partial charge on any atom is 0.174 e. The number of benzene rings is 2. The van der Waals surface area contributed by atoms with E-state index >= 15 is 0 Å². The van der Waals surface area contributed by atoms with Gasteiger partial charge < -0.3 is 24.8 Å². The molecule has 3 heterocycles. The summed E-state index contributed by atoms with van der Waals surface area (Å²) in [6, 6.07) is 25.5. The molecule has 166 valence electrons. The van der Waals surface area contributed by atoms with Crippen molar-refractivity contribution >= 4 is 28.7 Å². The second-order valence-corrected chi connectivity index (χ2v) is 8.61. The van der Waals surface area contributed by atoms with Gasteiger partial charge in [0.2, 0.25) is 0 Å². The molecule has 1 aliphatic heterocycles. The van der Waals surface area contributed by atoms with Gasteiger partial charge in [0.25, 0.3) is 0 Å². The first kappa shape index (κ1) is 21.0. The predicted octanol–water partition coefficient (Wildman–Crippen LogP) is 4.82. The highest BCUT2D eigenvalue weighted by molar-refractivity contribution is 7.80. The van der Waals surface area contributed by atoms with Gasteiger partial charge in [0, 0.05) is 49.2 Å². The number of rotatable bonds is 5. The number of hydrogen-bond donors (Lipinski definition) is 2. The lowest BCUT2D eigenvalue weighted by Crippen LogP contribution is -2.30. The molecule has 2 atom stereocenters. The van der Waals surface area contributed by atoms with Crippen LogP contribution in [-0.2, 0) is 0 Å². The van der Waals surface area contributed by atoms with Crippen LogP contribution in [0.1, 0.15) is 23.5 Å². The number of nitrogens with one attached hydrogen (secondary N) is 1. The minimum atomic E-state index is -0.138. The van der Waals surface area contributed by atoms with E-state index in [9.17, 15) is 5.11 Å². The fourth-order valence-electron chi connectivity index (χ4n) is 4.33. The van der Waals surface area contributed by atoms with Crippen molar-refractivity contribution in [3.05, 3.63) is 103 Å². The van der Waals surface area contributed by atoms with Gasteiger partial charge >= 0.3 is 0 Å². The number of aromatic hydroxyl groups is 1. The molecule has 1 fully saturated rings. The molecule has 0 aliphatic carbocycles. The number of phenolic OH excluding ortho intramolecular Hbond substituents is 1. The summed E-state index contributed by atoms with van der Waals surface area (Å²) in [6.07, 6.45) is 3.88. The van der Waals surface area contributed by atoms with E-state index < -0.39 is 0 Å². The van der Waals surface area contributed by atoms with Crippen LogP contribution in [-0.4, -0.2) is 33.9 Å². The molecule has 0 bridgehead atoms. The van der Waals surface area contributed by atoms with Gasteiger partial charge in [0.05, 0.1) is 11.7 Å². The Balaban J connectivity index is 1.63. The third-order valence-electron chi connectivity index (χ3n) is 5.95. The van der Waals surface area contributed by atoms with Gasteiger partial charge in [-0.3, -0.25) is 4.98 Å². The van der Waals surface area contributed by atoms with Crippen LogP contribution in [0, 0.1) is 0 Å². The first-order chi connectivity index (χ1) is 16.0. The van der Waals surface area contributed by atoms with Crippen molar-refractivity contribution in [2.45, 2.75) is 12.1 Å². The number of thiocarbonyl (C=S) groups is 1. The third-order valence-corrected chi connectivity index (χ3v) is 6.27. The number of aromatic nitrogens is 2. The average molecular weight is 456 g/mol. The van der Waals surface area contributed by atoms with Crippen LogP contribution in [0.3, 0.4) is 0 Å². The van der Waals surface area contributed by atoms with E-state index in [2.05, 4.69) is 67.3 Å². The maximum absolute atomic E-state index is 9.81. The van der Waals surface area contributed by atoms with Crippen LogP contribution in [0.25, 0.3) is 5.69 Å². The third kappa shape index (κ3) is 3.91. The lowest BCUT2D eigenvalue weighted by molar-refractivity contribution is 0.475. The van der Waals surface area contributed by atoms with E-state index in [4.69, 9.17) is 12.2 Å². The summed E-state index contributed by atoms with van der Waals surface area (Å²) in [5.41, 5.74) is 5.13. The van der Waals surface area contributed by atoms with Gasteiger partial charge in [-0.1, -0.05) is 6.07 Å². The molecule has 0 saturated carbocycles. The van der Waals surface area contributed by atoms with Crippen molar-refractivity contribution in [3.8, 4) is 11.4 Å². The van der Waals surface area contributed by atoms with Gasteiger partial charge in [-0.2, -0.15) is 0 Å². The summed E-state index contributed by atoms with van der Waals surface area (Å²) in [7, 11) is 4.07. The minimum Gasteiger partial charge on any atom is -0.508 e. The van der Waals surface area contributed by atoms with Crippen LogP contribution in [0.4, 0.5) is 11.4 Å². The van der Waals surface area contributed by atoms with E-state index in [-0.39, 0.29) is 17.8 Å². The highest BCUT2D eigenvalue weighted by atomic mass is 32.1. The molecule has 2 N–H and O–H groups in total. The summed E-state index contributed by atoms with van der Waals surface area (Å²) in [6.45, 7) is 0. The standard InChI is InChI=1S/C26H25N5OS/c1-29(2)18-8-10-19(11-9-18)30-17-5-7-23(30)25-24(22-6-3-4-16-27-22)28-26(33)31(25)20-12-14-21(32)15-13-20/h3-17,24-25,32H,1-2H3,(H,28,33)/t24-,25-/m0/s1. The van der Waals surface area contributed by atoms with Crippen molar-refractivity contribution in [1.29, 1.82) is 0 Å². The highest BCUT2D eigenvalue weighted by Crippen LogP contribution is 2.42. The number of nitrogens with zero attached hydrogens (tertiary/aromatic N) is 4. The second-order valence-electron chi connectivity index (χ2n) is 8.23. The Morgan fingerprint density at radius 2 is 1.64 bits per heavy atom. The normalized spacial score (nSPS) is 17.8. The fraction of sp³-hybridized carbons (Fsp3) is 0.154. The van der Waals surface area contributed by atoms with Crippen LogP contribution in [0.2, 0.25) is 0 Å². The minimum absolute atomic E-state index is 0.137. The number of phenols is 1. The Morgan fingerprint density at radius 3 is 2.30 bits per heavy atom. The monoisotopic (exact) mass is 455 g/mol. The Bertz CT molecular complexity index is 1250. The fourth-order valence-corrected chi connectivity index (χ4v) is 4.67. The van der Waals surface area contributed by atoms with Crippen molar-refractivity contribution in [2.75, 3.05) is 23.9 Å². The van der Waals surface area contributed by atoms with Crippen molar-refractivity contribution in [1.82, 2.24) is 14.9 Å². The van der Waals surface area contributed by atoms with Gasteiger partial charge in [-0.25, -0.2) is 0 Å².